The Morgan fingerprint density at radius 3 is 2.78 bits per heavy atom. The van der Waals surface area contributed by atoms with Crippen molar-refractivity contribution in [3.8, 4) is 17.3 Å². The highest BCUT2D eigenvalue weighted by atomic mass is 15.1. The van der Waals surface area contributed by atoms with Crippen LogP contribution < -0.4 is 11.6 Å². The first-order valence-corrected chi connectivity index (χ1v) is 8.02. The second kappa shape index (κ2) is 8.31. The van der Waals surface area contributed by atoms with Crippen LogP contribution in [0.4, 0.5) is 5.95 Å². The number of benzene rings is 1. The van der Waals surface area contributed by atoms with Gasteiger partial charge >= 0.3 is 0 Å². The van der Waals surface area contributed by atoms with Gasteiger partial charge in [0.25, 0.3) is 0 Å². The number of pyridine rings is 1. The molecule has 0 radical (unpaired) electrons. The maximum absolute atomic E-state index is 9.07. The standard InChI is InChI=1S/C19H16N8/c20-10-13-4-3-5-14(8-13)16-9-17(26-19(21)25-16)18(27-22)12-23-11-15-6-1-2-7-24-15/h1-9,12H,11,22H2,(H2,21,25,26). The van der Waals surface area contributed by atoms with Gasteiger partial charge in [-0.2, -0.15) is 10.4 Å². The van der Waals surface area contributed by atoms with Gasteiger partial charge in [0.1, 0.15) is 5.71 Å². The van der Waals surface area contributed by atoms with Crippen molar-refractivity contribution in [3.05, 3.63) is 71.7 Å². The first-order valence-electron chi connectivity index (χ1n) is 8.02. The Bertz CT molecular complexity index is 1040. The van der Waals surface area contributed by atoms with Crippen molar-refractivity contribution >= 4 is 17.9 Å². The summed E-state index contributed by atoms with van der Waals surface area (Å²) in [6, 6.07) is 16.5. The topological polar surface area (TPSA) is 139 Å². The average molecular weight is 356 g/mol. The lowest BCUT2D eigenvalue weighted by molar-refractivity contribution is 0.997. The number of nitriles is 1. The van der Waals surface area contributed by atoms with Gasteiger partial charge in [0, 0.05) is 11.8 Å². The number of nitrogen functional groups attached to an aromatic ring is 1. The molecule has 0 spiro atoms. The van der Waals surface area contributed by atoms with Crippen LogP contribution in [0.5, 0.6) is 0 Å². The van der Waals surface area contributed by atoms with E-state index in [2.05, 4.69) is 31.1 Å². The van der Waals surface area contributed by atoms with Crippen molar-refractivity contribution in [2.24, 2.45) is 15.9 Å². The minimum absolute atomic E-state index is 0.0733. The molecule has 0 unspecified atom stereocenters. The Hall–Kier alpha value is -4.12. The predicted octanol–water partition coefficient (Wildman–Crippen LogP) is 1.93. The van der Waals surface area contributed by atoms with Gasteiger partial charge in [-0.3, -0.25) is 9.98 Å². The van der Waals surface area contributed by atoms with Crippen molar-refractivity contribution in [1.29, 1.82) is 5.26 Å². The van der Waals surface area contributed by atoms with E-state index in [1.165, 1.54) is 6.21 Å². The van der Waals surface area contributed by atoms with E-state index < -0.39 is 0 Å². The Kier molecular flexibility index (Phi) is 5.45. The number of nitrogens with zero attached hydrogens (tertiary/aromatic N) is 6. The van der Waals surface area contributed by atoms with Crippen LogP contribution in [-0.2, 0) is 6.54 Å². The first kappa shape index (κ1) is 17.7. The van der Waals surface area contributed by atoms with Crippen LogP contribution in [0.25, 0.3) is 11.3 Å². The van der Waals surface area contributed by atoms with Gasteiger partial charge in [0.15, 0.2) is 0 Å². The number of rotatable bonds is 5. The lowest BCUT2D eigenvalue weighted by Crippen LogP contribution is -2.11. The van der Waals surface area contributed by atoms with Gasteiger partial charge < -0.3 is 11.6 Å². The fourth-order valence-corrected chi connectivity index (χ4v) is 2.38. The molecular weight excluding hydrogens is 340 g/mol. The average Bonchev–Trinajstić information content (AvgIpc) is 2.71. The van der Waals surface area contributed by atoms with E-state index in [0.717, 1.165) is 11.3 Å². The molecule has 8 heteroatoms. The maximum Gasteiger partial charge on any atom is 0.221 e. The number of hydrogen-bond acceptors (Lipinski definition) is 8. The zero-order chi connectivity index (χ0) is 19.1. The Morgan fingerprint density at radius 1 is 1.15 bits per heavy atom. The van der Waals surface area contributed by atoms with Crippen molar-refractivity contribution < 1.29 is 0 Å². The van der Waals surface area contributed by atoms with Crippen LogP contribution in [0.3, 0.4) is 0 Å². The van der Waals surface area contributed by atoms with Crippen LogP contribution in [-0.4, -0.2) is 26.9 Å². The molecule has 27 heavy (non-hydrogen) atoms. The van der Waals surface area contributed by atoms with E-state index in [9.17, 15) is 0 Å². The van der Waals surface area contributed by atoms with Gasteiger partial charge in [-0.1, -0.05) is 18.2 Å². The number of nitrogens with two attached hydrogens (primary N) is 2. The molecule has 2 aromatic heterocycles. The van der Waals surface area contributed by atoms with Crippen LogP contribution in [0.2, 0.25) is 0 Å². The highest BCUT2D eigenvalue weighted by Crippen LogP contribution is 2.20. The monoisotopic (exact) mass is 356 g/mol. The SMILES string of the molecule is N#Cc1cccc(-c2cc(C(C=NCc3ccccn3)=NN)nc(N)n2)c1. The molecule has 3 aromatic rings. The van der Waals surface area contributed by atoms with Gasteiger partial charge in [-0.25, -0.2) is 9.97 Å². The Morgan fingerprint density at radius 2 is 2.04 bits per heavy atom. The van der Waals surface area contributed by atoms with Gasteiger partial charge in [0.05, 0.1) is 41.5 Å². The van der Waals surface area contributed by atoms with E-state index in [1.807, 2.05) is 24.3 Å². The Labute approximate surface area is 155 Å². The lowest BCUT2D eigenvalue weighted by Gasteiger charge is -2.06. The van der Waals surface area contributed by atoms with Crippen molar-refractivity contribution in [2.45, 2.75) is 6.54 Å². The molecule has 3 rings (SSSR count). The molecular formula is C19H16N8. The molecule has 0 amide bonds. The van der Waals surface area contributed by atoms with E-state index in [0.29, 0.717) is 29.2 Å². The zero-order valence-electron chi connectivity index (χ0n) is 14.3. The Balaban J connectivity index is 1.88. The van der Waals surface area contributed by atoms with Crippen LogP contribution >= 0.6 is 0 Å². The first-order chi connectivity index (χ1) is 13.2. The molecule has 0 aliphatic rings. The summed E-state index contributed by atoms with van der Waals surface area (Å²) in [5, 5.41) is 12.8. The quantitative estimate of drug-likeness (QED) is 0.407. The summed E-state index contributed by atoms with van der Waals surface area (Å²) in [5.74, 6) is 5.58. The second-order valence-electron chi connectivity index (χ2n) is 5.49. The molecule has 8 nitrogen and oxygen atoms in total. The summed E-state index contributed by atoms with van der Waals surface area (Å²) in [6.45, 7) is 0.386. The normalized spacial score (nSPS) is 11.4. The van der Waals surface area contributed by atoms with Crippen molar-refractivity contribution in [3.63, 3.8) is 0 Å². The van der Waals surface area contributed by atoms with E-state index >= 15 is 0 Å². The van der Waals surface area contributed by atoms with Crippen LogP contribution in [0, 0.1) is 11.3 Å². The maximum atomic E-state index is 9.07. The van der Waals surface area contributed by atoms with Gasteiger partial charge in [-0.15, -0.1) is 0 Å². The number of anilines is 1. The number of hydrogen-bond donors (Lipinski definition) is 2. The molecule has 4 N–H and O–H groups in total. The molecule has 0 bridgehead atoms. The molecule has 1 aromatic carbocycles. The van der Waals surface area contributed by atoms with E-state index in [-0.39, 0.29) is 5.95 Å². The molecule has 0 fully saturated rings. The summed E-state index contributed by atoms with van der Waals surface area (Å²) in [4.78, 5) is 16.9. The van der Waals surface area contributed by atoms with Gasteiger partial charge in [0.2, 0.25) is 5.95 Å². The van der Waals surface area contributed by atoms with Crippen molar-refractivity contribution in [1.82, 2.24) is 15.0 Å². The summed E-state index contributed by atoms with van der Waals surface area (Å²) in [6.07, 6.45) is 3.22. The van der Waals surface area contributed by atoms with Crippen molar-refractivity contribution in [2.75, 3.05) is 5.73 Å². The number of aliphatic imine (C=N–C) groups is 1. The summed E-state index contributed by atoms with van der Waals surface area (Å²) in [5.41, 5.74) is 9.29. The van der Waals surface area contributed by atoms with Gasteiger partial charge in [-0.05, 0) is 30.3 Å². The summed E-state index contributed by atoms with van der Waals surface area (Å²) < 4.78 is 0. The highest BCUT2D eigenvalue weighted by Gasteiger charge is 2.10. The summed E-state index contributed by atoms with van der Waals surface area (Å²) >= 11 is 0. The third kappa shape index (κ3) is 4.49. The number of hydrazone groups is 1. The molecule has 0 aliphatic carbocycles. The number of aromatic nitrogens is 3. The zero-order valence-corrected chi connectivity index (χ0v) is 14.3. The molecule has 132 valence electrons. The lowest BCUT2D eigenvalue weighted by atomic mass is 10.1. The predicted molar refractivity (Wildman–Crippen MR) is 104 cm³/mol. The van der Waals surface area contributed by atoms with Crippen LogP contribution in [0.1, 0.15) is 17.0 Å². The second-order valence-corrected chi connectivity index (χ2v) is 5.49. The minimum Gasteiger partial charge on any atom is -0.368 e. The smallest absolute Gasteiger partial charge is 0.221 e. The molecule has 0 saturated heterocycles. The molecule has 0 atom stereocenters. The highest BCUT2D eigenvalue weighted by molar-refractivity contribution is 6.37. The largest absolute Gasteiger partial charge is 0.368 e. The third-order valence-electron chi connectivity index (χ3n) is 3.63. The van der Waals surface area contributed by atoms with Crippen LogP contribution in [0.15, 0.2) is 64.8 Å². The van der Waals surface area contributed by atoms with E-state index in [4.69, 9.17) is 16.8 Å². The third-order valence-corrected chi connectivity index (χ3v) is 3.63. The molecule has 2 heterocycles. The molecule has 0 saturated carbocycles. The van der Waals surface area contributed by atoms with E-state index in [1.54, 1.807) is 30.5 Å². The molecule has 0 aliphatic heterocycles. The minimum atomic E-state index is 0.0733. The summed E-state index contributed by atoms with van der Waals surface area (Å²) in [7, 11) is 0. The fraction of sp³-hybridized carbons (Fsp3) is 0.0526. The fourth-order valence-electron chi connectivity index (χ4n) is 2.38.